The van der Waals surface area contributed by atoms with Gasteiger partial charge in [-0.1, -0.05) is 18.2 Å². The van der Waals surface area contributed by atoms with Gasteiger partial charge < -0.3 is 10.2 Å². The number of aliphatic imine (C=N–C) groups is 1. The van der Waals surface area contributed by atoms with Crippen molar-refractivity contribution >= 4 is 29.9 Å². The molecule has 0 bridgehead atoms. The van der Waals surface area contributed by atoms with Gasteiger partial charge in [0.2, 0.25) is 0 Å². The number of guanidine groups is 1. The summed E-state index contributed by atoms with van der Waals surface area (Å²) >= 11 is 0. The summed E-state index contributed by atoms with van der Waals surface area (Å²) in [7, 11) is 3.79. The second-order valence-electron chi connectivity index (χ2n) is 7.99. The minimum atomic E-state index is -0.0931. The van der Waals surface area contributed by atoms with Crippen LogP contribution in [0.5, 0.6) is 0 Å². The highest BCUT2D eigenvalue weighted by molar-refractivity contribution is 14.0. The van der Waals surface area contributed by atoms with Crippen molar-refractivity contribution in [2.24, 2.45) is 18.0 Å². The molecule has 1 aromatic carbocycles. The summed E-state index contributed by atoms with van der Waals surface area (Å²) in [5, 5.41) is 7.79. The lowest BCUT2D eigenvalue weighted by Gasteiger charge is -2.25. The van der Waals surface area contributed by atoms with Gasteiger partial charge in [-0.2, -0.15) is 5.10 Å². The third-order valence-electron chi connectivity index (χ3n) is 5.96. The third kappa shape index (κ3) is 4.50. The fourth-order valence-corrected chi connectivity index (χ4v) is 4.27. The molecule has 4 rings (SSSR count). The van der Waals surface area contributed by atoms with Gasteiger partial charge in [-0.3, -0.25) is 9.67 Å². The quantitative estimate of drug-likeness (QED) is 0.392. The molecule has 152 valence electrons. The summed E-state index contributed by atoms with van der Waals surface area (Å²) < 4.78 is 16.1. The second-order valence-corrected chi connectivity index (χ2v) is 7.99. The number of halogens is 2. The Labute approximate surface area is 183 Å². The number of aromatic nitrogens is 2. The number of rotatable bonds is 5. The van der Waals surface area contributed by atoms with E-state index in [9.17, 15) is 4.39 Å². The standard InChI is InChI=1S/C21H28FN5.HI/c1-23-20(24-15-21(8-9-21)18-5-3-4-6-19(18)22)27-10-7-16(14-27)11-17-12-25-26(2)13-17;/h3-6,12-13,16H,7-11,14-15H2,1-2H3,(H,23,24);1H. The van der Waals surface area contributed by atoms with Gasteiger partial charge in [0.05, 0.1) is 6.20 Å². The van der Waals surface area contributed by atoms with Gasteiger partial charge in [0.25, 0.3) is 0 Å². The molecule has 0 spiro atoms. The lowest BCUT2D eigenvalue weighted by Crippen LogP contribution is -2.43. The maximum absolute atomic E-state index is 14.2. The lowest BCUT2D eigenvalue weighted by atomic mass is 9.95. The Hall–Kier alpha value is -1.64. The van der Waals surface area contributed by atoms with Crippen LogP contribution >= 0.6 is 24.0 Å². The average Bonchev–Trinajstić information content (AvgIpc) is 3.11. The highest BCUT2D eigenvalue weighted by Crippen LogP contribution is 2.48. The Morgan fingerprint density at radius 3 is 2.79 bits per heavy atom. The van der Waals surface area contributed by atoms with Crippen LogP contribution in [0, 0.1) is 11.7 Å². The number of nitrogens with zero attached hydrogens (tertiary/aromatic N) is 4. The van der Waals surface area contributed by atoms with Crippen LogP contribution < -0.4 is 5.32 Å². The van der Waals surface area contributed by atoms with Crippen LogP contribution in [-0.4, -0.2) is 47.3 Å². The normalized spacial score (nSPS) is 20.8. The second kappa shape index (κ2) is 8.80. The van der Waals surface area contributed by atoms with E-state index in [1.165, 1.54) is 5.56 Å². The van der Waals surface area contributed by atoms with Crippen LogP contribution in [0.4, 0.5) is 4.39 Å². The summed E-state index contributed by atoms with van der Waals surface area (Å²) in [5.41, 5.74) is 2.06. The third-order valence-corrected chi connectivity index (χ3v) is 5.96. The molecule has 2 heterocycles. The molecule has 0 amide bonds. The van der Waals surface area contributed by atoms with Crippen LogP contribution in [0.1, 0.15) is 30.4 Å². The molecule has 0 radical (unpaired) electrons. The Bertz CT molecular complexity index is 830. The molecule has 2 aromatic rings. The van der Waals surface area contributed by atoms with Crippen molar-refractivity contribution < 1.29 is 4.39 Å². The Kier molecular flexibility index (Phi) is 6.62. The zero-order valence-electron chi connectivity index (χ0n) is 16.6. The Morgan fingerprint density at radius 1 is 1.36 bits per heavy atom. The molecule has 2 aliphatic rings. The van der Waals surface area contributed by atoms with E-state index in [2.05, 4.69) is 26.5 Å². The van der Waals surface area contributed by atoms with Crippen LogP contribution in [0.3, 0.4) is 0 Å². The predicted molar refractivity (Wildman–Crippen MR) is 121 cm³/mol. The number of benzene rings is 1. The average molecular weight is 497 g/mol. The van der Waals surface area contributed by atoms with Crippen molar-refractivity contribution in [3.05, 3.63) is 53.6 Å². The maximum atomic E-state index is 14.2. The first-order valence-corrected chi connectivity index (χ1v) is 9.78. The van der Waals surface area contributed by atoms with Crippen LogP contribution in [0.2, 0.25) is 0 Å². The first kappa shape index (κ1) is 21.1. The van der Waals surface area contributed by atoms with Gasteiger partial charge in [-0.25, -0.2) is 4.39 Å². The number of hydrogen-bond donors (Lipinski definition) is 1. The van der Waals surface area contributed by atoms with E-state index in [0.717, 1.165) is 56.8 Å². The summed E-state index contributed by atoms with van der Waals surface area (Å²) in [4.78, 5) is 6.82. The molecular formula is C21H29FIN5. The van der Waals surface area contributed by atoms with Crippen molar-refractivity contribution in [1.29, 1.82) is 0 Å². The fraction of sp³-hybridized carbons (Fsp3) is 0.524. The summed E-state index contributed by atoms with van der Waals surface area (Å²) in [5.74, 6) is 1.46. The first-order valence-electron chi connectivity index (χ1n) is 9.78. The molecule has 1 N–H and O–H groups in total. The topological polar surface area (TPSA) is 45.5 Å². The van der Waals surface area contributed by atoms with Crippen molar-refractivity contribution in [2.75, 3.05) is 26.7 Å². The molecule has 1 atom stereocenters. The maximum Gasteiger partial charge on any atom is 0.193 e. The van der Waals surface area contributed by atoms with Crippen molar-refractivity contribution in [1.82, 2.24) is 20.0 Å². The smallest absolute Gasteiger partial charge is 0.193 e. The molecular weight excluding hydrogens is 468 g/mol. The van der Waals surface area contributed by atoms with Gasteiger partial charge >= 0.3 is 0 Å². The van der Waals surface area contributed by atoms with E-state index < -0.39 is 0 Å². The van der Waals surface area contributed by atoms with E-state index in [1.54, 1.807) is 12.1 Å². The Morgan fingerprint density at radius 2 is 2.14 bits per heavy atom. The van der Waals surface area contributed by atoms with Crippen LogP contribution in [-0.2, 0) is 18.9 Å². The molecule has 1 aromatic heterocycles. The highest BCUT2D eigenvalue weighted by atomic mass is 127. The van der Waals surface area contributed by atoms with Gasteiger partial charge in [0, 0.05) is 45.3 Å². The van der Waals surface area contributed by atoms with E-state index >= 15 is 0 Å². The highest BCUT2D eigenvalue weighted by Gasteiger charge is 2.46. The fourth-order valence-electron chi connectivity index (χ4n) is 4.27. The Balaban J connectivity index is 0.00000225. The number of hydrogen-bond acceptors (Lipinski definition) is 2. The van der Waals surface area contributed by atoms with Crippen molar-refractivity contribution in [3.63, 3.8) is 0 Å². The van der Waals surface area contributed by atoms with E-state index in [-0.39, 0.29) is 35.2 Å². The molecule has 1 unspecified atom stereocenters. The molecule has 5 nitrogen and oxygen atoms in total. The molecule has 1 aliphatic carbocycles. The van der Waals surface area contributed by atoms with Gasteiger partial charge in [-0.15, -0.1) is 24.0 Å². The zero-order valence-corrected chi connectivity index (χ0v) is 18.9. The largest absolute Gasteiger partial charge is 0.355 e. The monoisotopic (exact) mass is 497 g/mol. The zero-order chi connectivity index (χ0) is 18.9. The summed E-state index contributed by atoms with van der Waals surface area (Å²) in [6.45, 7) is 2.75. The number of nitrogens with one attached hydrogen (secondary N) is 1. The summed E-state index contributed by atoms with van der Waals surface area (Å²) in [6.07, 6.45) is 8.33. The molecule has 7 heteroatoms. The van der Waals surface area contributed by atoms with Gasteiger partial charge in [-0.05, 0) is 48.8 Å². The molecule has 1 saturated heterocycles. The van der Waals surface area contributed by atoms with Gasteiger partial charge in [0.15, 0.2) is 5.96 Å². The number of likely N-dealkylation sites (tertiary alicyclic amines) is 1. The van der Waals surface area contributed by atoms with Crippen molar-refractivity contribution in [2.45, 2.75) is 31.1 Å². The van der Waals surface area contributed by atoms with E-state index in [4.69, 9.17) is 0 Å². The minimum absolute atomic E-state index is 0. The molecule has 2 fully saturated rings. The van der Waals surface area contributed by atoms with Crippen molar-refractivity contribution in [3.8, 4) is 0 Å². The molecule has 1 saturated carbocycles. The van der Waals surface area contributed by atoms with Crippen LogP contribution in [0.15, 0.2) is 41.7 Å². The van der Waals surface area contributed by atoms with Crippen LogP contribution in [0.25, 0.3) is 0 Å². The van der Waals surface area contributed by atoms with E-state index in [0.29, 0.717) is 5.92 Å². The van der Waals surface area contributed by atoms with E-state index in [1.807, 2.05) is 37.1 Å². The summed E-state index contributed by atoms with van der Waals surface area (Å²) in [6, 6.07) is 7.17. The molecule has 1 aliphatic heterocycles. The lowest BCUT2D eigenvalue weighted by molar-refractivity contribution is 0.453. The first-order chi connectivity index (χ1) is 13.1. The SMILES string of the molecule is CN=C(NCC1(c2ccccc2F)CC1)N1CCC(Cc2cnn(C)c2)C1.I. The van der Waals surface area contributed by atoms with Gasteiger partial charge in [0.1, 0.15) is 5.82 Å². The number of aryl methyl sites for hydroxylation is 1. The molecule has 28 heavy (non-hydrogen) atoms. The minimum Gasteiger partial charge on any atom is -0.355 e. The predicted octanol–water partition coefficient (Wildman–Crippen LogP) is 3.35.